The third kappa shape index (κ3) is 4.64. The van der Waals surface area contributed by atoms with E-state index in [0.29, 0.717) is 13.2 Å². The van der Waals surface area contributed by atoms with Gasteiger partial charge >= 0.3 is 7.60 Å². The second kappa shape index (κ2) is 8.93. The Morgan fingerprint density at radius 2 is 1.33 bits per heavy atom. The Balaban J connectivity index is 2.47. The van der Waals surface area contributed by atoms with Crippen LogP contribution in [0.5, 0.6) is 0 Å². The molecule has 0 bridgehead atoms. The topological polar surface area (TPSA) is 47.9 Å². The maximum atomic E-state index is 13.0. The molecule has 0 spiro atoms. The summed E-state index contributed by atoms with van der Waals surface area (Å²) < 4.78 is 23.8. The normalized spacial score (nSPS) is 12.6. The summed E-state index contributed by atoms with van der Waals surface area (Å²) >= 11 is 0. The Hall–Kier alpha value is -1.74. The zero-order chi connectivity index (χ0) is 17.4. The second-order valence-electron chi connectivity index (χ2n) is 5.22. The van der Waals surface area contributed by atoms with Crippen LogP contribution in [0.15, 0.2) is 65.7 Å². The van der Waals surface area contributed by atoms with E-state index in [-0.39, 0.29) is 0 Å². The number of rotatable bonds is 8. The van der Waals surface area contributed by atoms with Crippen molar-refractivity contribution in [1.29, 1.82) is 0 Å². The minimum atomic E-state index is -3.29. The van der Waals surface area contributed by atoms with Gasteiger partial charge in [-0.25, -0.2) is 0 Å². The lowest BCUT2D eigenvalue weighted by Gasteiger charge is -2.21. The highest BCUT2D eigenvalue weighted by Crippen LogP contribution is 2.53. The van der Waals surface area contributed by atoms with Crippen LogP contribution in [0, 0.1) is 0 Å². The van der Waals surface area contributed by atoms with Gasteiger partial charge < -0.3 is 9.05 Å². The molecule has 0 saturated carbocycles. The van der Waals surface area contributed by atoms with Crippen molar-refractivity contribution in [2.45, 2.75) is 26.6 Å². The van der Waals surface area contributed by atoms with Crippen LogP contribution in [-0.2, 0) is 13.6 Å². The maximum absolute atomic E-state index is 13.0. The van der Waals surface area contributed by atoms with E-state index in [0.717, 1.165) is 16.8 Å². The first-order valence-electron chi connectivity index (χ1n) is 8.18. The van der Waals surface area contributed by atoms with E-state index in [9.17, 15) is 4.57 Å². The summed E-state index contributed by atoms with van der Waals surface area (Å²) in [5, 5.41) is 0. The summed E-state index contributed by atoms with van der Waals surface area (Å²) in [6, 6.07) is 19.7. The van der Waals surface area contributed by atoms with Gasteiger partial charge in [0.05, 0.1) is 18.9 Å². The van der Waals surface area contributed by atoms with E-state index in [1.807, 2.05) is 60.7 Å². The summed E-state index contributed by atoms with van der Waals surface area (Å²) in [6.45, 7) is 6.03. The lowest BCUT2D eigenvalue weighted by Crippen LogP contribution is -2.12. The minimum Gasteiger partial charge on any atom is -0.307 e. The van der Waals surface area contributed by atoms with Crippen molar-refractivity contribution in [3.05, 3.63) is 71.8 Å². The van der Waals surface area contributed by atoms with Gasteiger partial charge in [0.15, 0.2) is 0 Å². The number of hydrogen-bond donors (Lipinski definition) is 0. The molecule has 1 atom stereocenters. The molecule has 2 aromatic rings. The largest absolute Gasteiger partial charge is 0.354 e. The monoisotopic (exact) mass is 345 g/mol. The Morgan fingerprint density at radius 3 is 1.71 bits per heavy atom. The van der Waals surface area contributed by atoms with Crippen LogP contribution in [0.2, 0.25) is 0 Å². The molecular weight excluding hydrogens is 321 g/mol. The molecule has 5 heteroatoms. The van der Waals surface area contributed by atoms with Gasteiger partial charge in [0.2, 0.25) is 0 Å². The molecule has 4 nitrogen and oxygen atoms in total. The van der Waals surface area contributed by atoms with Gasteiger partial charge in [0.25, 0.3) is 0 Å². The average molecular weight is 345 g/mol. The third-order valence-corrected chi connectivity index (χ3v) is 5.75. The number of benzene rings is 2. The first-order chi connectivity index (χ1) is 11.6. The number of hydrogen-bond acceptors (Lipinski definition) is 4. The lowest BCUT2D eigenvalue weighted by molar-refractivity contribution is 0.214. The van der Waals surface area contributed by atoms with Crippen molar-refractivity contribution in [1.82, 2.24) is 0 Å². The van der Waals surface area contributed by atoms with Crippen molar-refractivity contribution in [3.8, 4) is 0 Å². The summed E-state index contributed by atoms with van der Waals surface area (Å²) in [6.07, 6.45) is 0. The molecule has 24 heavy (non-hydrogen) atoms. The Kier molecular flexibility index (Phi) is 6.92. The van der Waals surface area contributed by atoms with Crippen LogP contribution in [0.1, 0.15) is 31.9 Å². The van der Waals surface area contributed by atoms with Crippen molar-refractivity contribution in [2.24, 2.45) is 4.99 Å². The van der Waals surface area contributed by atoms with Crippen molar-refractivity contribution < 1.29 is 13.6 Å². The maximum Gasteiger partial charge on any atom is 0.354 e. The van der Waals surface area contributed by atoms with Crippen LogP contribution in [0.3, 0.4) is 0 Å². The van der Waals surface area contributed by atoms with Crippen molar-refractivity contribution >= 4 is 13.3 Å². The Labute approximate surface area is 144 Å². The molecule has 0 aliphatic carbocycles. The molecule has 1 unspecified atom stereocenters. The summed E-state index contributed by atoms with van der Waals surface area (Å²) in [5.41, 5.74) is 2.72. The van der Waals surface area contributed by atoms with E-state index in [1.54, 1.807) is 20.8 Å². The molecule has 0 aliphatic rings. The van der Waals surface area contributed by atoms with E-state index in [2.05, 4.69) is 0 Å². The van der Waals surface area contributed by atoms with E-state index in [4.69, 9.17) is 14.0 Å². The smallest absolute Gasteiger partial charge is 0.307 e. The molecular formula is C19H24NO3P. The van der Waals surface area contributed by atoms with Crippen LogP contribution >= 0.6 is 7.60 Å². The van der Waals surface area contributed by atoms with Gasteiger partial charge in [-0.05, 0) is 20.8 Å². The van der Waals surface area contributed by atoms with Crippen LogP contribution < -0.4 is 0 Å². The fraction of sp³-hybridized carbons (Fsp3) is 0.316. The molecule has 128 valence electrons. The summed E-state index contributed by atoms with van der Waals surface area (Å²) in [5.74, 6) is -0.590. The third-order valence-electron chi connectivity index (χ3n) is 3.49. The minimum absolute atomic E-state index is 0.323. The predicted octanol–water partition coefficient (Wildman–Crippen LogP) is 5.14. The molecule has 0 saturated heterocycles. The molecule has 2 rings (SSSR count). The lowest BCUT2D eigenvalue weighted by atomic mass is 10.0. The first kappa shape index (κ1) is 18.6. The highest BCUT2D eigenvalue weighted by atomic mass is 31.2. The molecule has 0 aromatic heterocycles. The molecule has 0 N–H and O–H groups in total. The van der Waals surface area contributed by atoms with Crippen LogP contribution in [0.4, 0.5) is 0 Å². The SMILES string of the molecule is CCOP(=O)(OCC)C(C)N=C(c1ccccc1)c1ccccc1. The van der Waals surface area contributed by atoms with Gasteiger partial charge in [-0.15, -0.1) is 0 Å². The second-order valence-corrected chi connectivity index (χ2v) is 7.56. The van der Waals surface area contributed by atoms with Gasteiger partial charge in [-0.2, -0.15) is 0 Å². The average Bonchev–Trinajstić information content (AvgIpc) is 2.61. The summed E-state index contributed by atoms with van der Waals surface area (Å²) in [4.78, 5) is 4.73. The zero-order valence-electron chi connectivity index (χ0n) is 14.4. The molecule has 0 heterocycles. The van der Waals surface area contributed by atoms with E-state index >= 15 is 0 Å². The molecule has 0 aliphatic heterocycles. The van der Waals surface area contributed by atoms with E-state index < -0.39 is 13.4 Å². The fourth-order valence-corrected chi connectivity index (χ4v) is 3.86. The molecule has 2 aromatic carbocycles. The zero-order valence-corrected chi connectivity index (χ0v) is 15.3. The van der Waals surface area contributed by atoms with Gasteiger partial charge in [-0.3, -0.25) is 9.56 Å². The Bertz CT molecular complexity index is 650. The molecule has 0 radical (unpaired) electrons. The summed E-state index contributed by atoms with van der Waals surface area (Å²) in [7, 11) is -3.29. The fourth-order valence-electron chi connectivity index (χ4n) is 2.38. The van der Waals surface area contributed by atoms with E-state index in [1.165, 1.54) is 0 Å². The molecule has 0 amide bonds. The number of aliphatic imine (C=N–C) groups is 1. The highest BCUT2D eigenvalue weighted by molar-refractivity contribution is 7.54. The van der Waals surface area contributed by atoms with Gasteiger partial charge in [0, 0.05) is 11.1 Å². The van der Waals surface area contributed by atoms with Crippen molar-refractivity contribution in [2.75, 3.05) is 13.2 Å². The van der Waals surface area contributed by atoms with Crippen molar-refractivity contribution in [3.63, 3.8) is 0 Å². The van der Waals surface area contributed by atoms with Crippen LogP contribution in [0.25, 0.3) is 0 Å². The predicted molar refractivity (Wildman–Crippen MR) is 98.8 cm³/mol. The van der Waals surface area contributed by atoms with Gasteiger partial charge in [-0.1, -0.05) is 60.7 Å². The number of nitrogens with zero attached hydrogens (tertiary/aromatic N) is 1. The van der Waals surface area contributed by atoms with Crippen LogP contribution in [-0.4, -0.2) is 24.7 Å². The quantitative estimate of drug-likeness (QED) is 0.492. The Morgan fingerprint density at radius 1 is 0.917 bits per heavy atom. The van der Waals surface area contributed by atoms with Gasteiger partial charge in [0.1, 0.15) is 5.78 Å². The first-order valence-corrected chi connectivity index (χ1v) is 9.79. The molecule has 0 fully saturated rings. The highest BCUT2D eigenvalue weighted by Gasteiger charge is 2.32. The standard InChI is InChI=1S/C19H24NO3P/c1-4-22-24(21,23-5-2)16(3)20-19(17-12-8-6-9-13-17)18-14-10-7-11-15-18/h6-16H,4-5H2,1-3H3.